The standard InChI is InChI=1S/C18H14N2S/c1-2-9-15-13(6-1)7-5-8-14(15)12-19-18-20-16-10-3-4-11-17(16)21-18/h1-11H,12H2,(H,19,20). The molecule has 21 heavy (non-hydrogen) atoms. The molecule has 4 aromatic rings. The molecule has 0 saturated heterocycles. The van der Waals surface area contributed by atoms with Crippen LogP contribution in [-0.4, -0.2) is 4.98 Å². The molecule has 102 valence electrons. The molecule has 1 aromatic heterocycles. The second kappa shape index (κ2) is 5.19. The van der Waals surface area contributed by atoms with Crippen molar-refractivity contribution in [1.82, 2.24) is 4.98 Å². The molecule has 1 N–H and O–H groups in total. The number of thiazole rings is 1. The van der Waals surface area contributed by atoms with Crippen molar-refractivity contribution in [2.45, 2.75) is 6.54 Å². The maximum absolute atomic E-state index is 4.62. The fraction of sp³-hybridized carbons (Fsp3) is 0.0556. The molecule has 0 amide bonds. The Morgan fingerprint density at radius 2 is 1.67 bits per heavy atom. The van der Waals surface area contributed by atoms with Gasteiger partial charge in [-0.25, -0.2) is 4.98 Å². The molecular formula is C18H14N2S. The molecule has 0 atom stereocenters. The zero-order valence-corrected chi connectivity index (χ0v) is 12.2. The van der Waals surface area contributed by atoms with Gasteiger partial charge in [-0.3, -0.25) is 0 Å². The fourth-order valence-electron chi connectivity index (χ4n) is 2.57. The van der Waals surface area contributed by atoms with Crippen LogP contribution in [0.15, 0.2) is 66.7 Å². The Kier molecular flexibility index (Phi) is 3.05. The minimum Gasteiger partial charge on any atom is -0.357 e. The lowest BCUT2D eigenvalue weighted by atomic mass is 10.0. The van der Waals surface area contributed by atoms with Gasteiger partial charge in [0.2, 0.25) is 0 Å². The average Bonchev–Trinajstić information content (AvgIpc) is 2.96. The Balaban J connectivity index is 1.63. The van der Waals surface area contributed by atoms with Crippen molar-refractivity contribution >= 4 is 37.5 Å². The van der Waals surface area contributed by atoms with Crippen molar-refractivity contribution in [3.05, 3.63) is 72.3 Å². The molecule has 1 heterocycles. The van der Waals surface area contributed by atoms with Crippen LogP contribution in [0, 0.1) is 0 Å². The summed E-state index contributed by atoms with van der Waals surface area (Å²) >= 11 is 1.70. The van der Waals surface area contributed by atoms with Crippen LogP contribution >= 0.6 is 11.3 Å². The van der Waals surface area contributed by atoms with E-state index in [1.807, 2.05) is 6.07 Å². The Bertz CT molecular complexity index is 873. The van der Waals surface area contributed by atoms with E-state index in [9.17, 15) is 0 Å². The smallest absolute Gasteiger partial charge is 0.184 e. The zero-order valence-electron chi connectivity index (χ0n) is 11.4. The lowest BCUT2D eigenvalue weighted by Crippen LogP contribution is -1.99. The van der Waals surface area contributed by atoms with Crippen LogP contribution in [0.3, 0.4) is 0 Å². The molecule has 0 aliphatic carbocycles. The van der Waals surface area contributed by atoms with Crippen LogP contribution in [0.25, 0.3) is 21.0 Å². The van der Waals surface area contributed by atoms with E-state index in [1.54, 1.807) is 11.3 Å². The number of anilines is 1. The van der Waals surface area contributed by atoms with Crippen molar-refractivity contribution in [3.8, 4) is 0 Å². The number of hydrogen-bond acceptors (Lipinski definition) is 3. The molecule has 0 radical (unpaired) electrons. The molecule has 0 unspecified atom stereocenters. The van der Waals surface area contributed by atoms with Gasteiger partial charge in [-0.2, -0.15) is 0 Å². The maximum atomic E-state index is 4.62. The summed E-state index contributed by atoms with van der Waals surface area (Å²) in [6.45, 7) is 0.793. The summed E-state index contributed by atoms with van der Waals surface area (Å²) in [4.78, 5) is 4.62. The van der Waals surface area contributed by atoms with Crippen LogP contribution in [0.4, 0.5) is 5.13 Å². The average molecular weight is 290 g/mol. The molecule has 0 aliphatic rings. The molecule has 3 heteroatoms. The number of fused-ring (bicyclic) bond motifs is 2. The molecule has 0 fully saturated rings. The summed E-state index contributed by atoms with van der Waals surface area (Å²) in [6, 6.07) is 23.1. The van der Waals surface area contributed by atoms with Crippen LogP contribution in [-0.2, 0) is 6.54 Å². The second-order valence-corrected chi connectivity index (χ2v) is 6.01. The highest BCUT2D eigenvalue weighted by Gasteiger charge is 2.04. The molecule has 2 nitrogen and oxygen atoms in total. The van der Waals surface area contributed by atoms with Gasteiger partial charge in [0.05, 0.1) is 10.2 Å². The zero-order chi connectivity index (χ0) is 14.1. The van der Waals surface area contributed by atoms with E-state index in [0.29, 0.717) is 0 Å². The topological polar surface area (TPSA) is 24.9 Å². The van der Waals surface area contributed by atoms with Gasteiger partial charge < -0.3 is 5.32 Å². The Morgan fingerprint density at radius 1 is 0.857 bits per heavy atom. The summed E-state index contributed by atoms with van der Waals surface area (Å²) < 4.78 is 1.22. The van der Waals surface area contributed by atoms with E-state index in [0.717, 1.165) is 17.2 Å². The lowest BCUT2D eigenvalue weighted by molar-refractivity contribution is 1.16. The van der Waals surface area contributed by atoms with Crippen LogP contribution in [0.5, 0.6) is 0 Å². The van der Waals surface area contributed by atoms with Crippen molar-refractivity contribution in [3.63, 3.8) is 0 Å². The Morgan fingerprint density at radius 3 is 2.62 bits per heavy atom. The van der Waals surface area contributed by atoms with Gasteiger partial charge in [-0.05, 0) is 28.5 Å². The number of rotatable bonds is 3. The highest BCUT2D eigenvalue weighted by molar-refractivity contribution is 7.22. The molecule has 0 bridgehead atoms. The van der Waals surface area contributed by atoms with Crippen molar-refractivity contribution < 1.29 is 0 Å². The first-order valence-electron chi connectivity index (χ1n) is 6.96. The van der Waals surface area contributed by atoms with Crippen LogP contribution < -0.4 is 5.32 Å². The third-order valence-corrected chi connectivity index (χ3v) is 4.60. The minimum absolute atomic E-state index is 0.793. The van der Waals surface area contributed by atoms with Gasteiger partial charge in [0.1, 0.15) is 0 Å². The Hall–Kier alpha value is -2.39. The number of hydrogen-bond donors (Lipinski definition) is 1. The van der Waals surface area contributed by atoms with Crippen LogP contribution in [0.1, 0.15) is 5.56 Å². The van der Waals surface area contributed by atoms with E-state index >= 15 is 0 Å². The minimum atomic E-state index is 0.793. The third-order valence-electron chi connectivity index (χ3n) is 3.60. The predicted molar refractivity (Wildman–Crippen MR) is 90.9 cm³/mol. The van der Waals surface area contributed by atoms with Crippen LogP contribution in [0.2, 0.25) is 0 Å². The number of benzene rings is 3. The molecule has 0 saturated carbocycles. The van der Waals surface area contributed by atoms with Crippen molar-refractivity contribution in [2.75, 3.05) is 5.32 Å². The molecule has 0 aliphatic heterocycles. The monoisotopic (exact) mass is 290 g/mol. The van der Waals surface area contributed by atoms with E-state index in [1.165, 1.54) is 21.0 Å². The summed E-state index contributed by atoms with van der Waals surface area (Å²) in [5.41, 5.74) is 2.36. The van der Waals surface area contributed by atoms with E-state index < -0.39 is 0 Å². The Labute approximate surface area is 127 Å². The molecule has 3 aromatic carbocycles. The normalized spacial score (nSPS) is 11.0. The van der Waals surface area contributed by atoms with Gasteiger partial charge in [-0.1, -0.05) is 65.9 Å². The lowest BCUT2D eigenvalue weighted by Gasteiger charge is -2.07. The van der Waals surface area contributed by atoms with Gasteiger partial charge in [0.15, 0.2) is 5.13 Å². The summed E-state index contributed by atoms with van der Waals surface area (Å²) in [6.07, 6.45) is 0. The molecular weight excluding hydrogens is 276 g/mol. The highest BCUT2D eigenvalue weighted by atomic mass is 32.1. The number of nitrogens with zero attached hydrogens (tertiary/aromatic N) is 1. The van der Waals surface area contributed by atoms with Gasteiger partial charge in [-0.15, -0.1) is 0 Å². The van der Waals surface area contributed by atoms with Gasteiger partial charge in [0.25, 0.3) is 0 Å². The number of para-hydroxylation sites is 1. The van der Waals surface area contributed by atoms with E-state index in [2.05, 4.69) is 71.0 Å². The first kappa shape index (κ1) is 12.4. The molecule has 0 spiro atoms. The first-order chi connectivity index (χ1) is 10.4. The van der Waals surface area contributed by atoms with Gasteiger partial charge in [0, 0.05) is 6.54 Å². The predicted octanol–water partition coefficient (Wildman–Crippen LogP) is 5.06. The number of aromatic nitrogens is 1. The quantitative estimate of drug-likeness (QED) is 0.570. The largest absolute Gasteiger partial charge is 0.357 e. The maximum Gasteiger partial charge on any atom is 0.184 e. The van der Waals surface area contributed by atoms with Crippen molar-refractivity contribution in [1.29, 1.82) is 0 Å². The van der Waals surface area contributed by atoms with Crippen molar-refractivity contribution in [2.24, 2.45) is 0 Å². The summed E-state index contributed by atoms with van der Waals surface area (Å²) in [5.74, 6) is 0. The SMILES string of the molecule is c1ccc2c(CNc3nc4ccccc4s3)cccc2c1. The second-order valence-electron chi connectivity index (χ2n) is 4.98. The highest BCUT2D eigenvalue weighted by Crippen LogP contribution is 2.26. The third kappa shape index (κ3) is 2.36. The van der Waals surface area contributed by atoms with E-state index in [4.69, 9.17) is 0 Å². The number of nitrogens with one attached hydrogen (secondary N) is 1. The van der Waals surface area contributed by atoms with Gasteiger partial charge >= 0.3 is 0 Å². The fourth-order valence-corrected chi connectivity index (χ4v) is 3.43. The first-order valence-corrected chi connectivity index (χ1v) is 7.78. The summed E-state index contributed by atoms with van der Waals surface area (Å²) in [5, 5.41) is 7.00. The summed E-state index contributed by atoms with van der Waals surface area (Å²) in [7, 11) is 0. The van der Waals surface area contributed by atoms with E-state index in [-0.39, 0.29) is 0 Å². The molecule has 4 rings (SSSR count).